The molecule has 0 fully saturated rings. The molecule has 0 spiro atoms. The number of fused-ring (bicyclic) bond motifs is 1. The first-order valence-corrected chi connectivity index (χ1v) is 7.87. The highest BCUT2D eigenvalue weighted by Crippen LogP contribution is 2.27. The van der Waals surface area contributed by atoms with Gasteiger partial charge in [-0.3, -0.25) is 5.10 Å². The van der Waals surface area contributed by atoms with Crippen LogP contribution in [0.5, 0.6) is 0 Å². The number of aromatic nitrogens is 7. The zero-order valence-corrected chi connectivity index (χ0v) is 13.1. The Morgan fingerprint density at radius 3 is 2.84 bits per heavy atom. The number of hydrogen-bond acceptors (Lipinski definition) is 7. The van der Waals surface area contributed by atoms with E-state index in [1.54, 1.807) is 0 Å². The van der Waals surface area contributed by atoms with Crippen molar-refractivity contribution >= 4 is 22.8 Å². The molecule has 4 heterocycles. The van der Waals surface area contributed by atoms with E-state index in [2.05, 4.69) is 35.8 Å². The van der Waals surface area contributed by atoms with Gasteiger partial charge in [0, 0.05) is 0 Å². The molecule has 0 aliphatic heterocycles. The molecule has 0 aliphatic carbocycles. The number of rotatable bonds is 4. The molecule has 8 nitrogen and oxygen atoms in total. The van der Waals surface area contributed by atoms with Gasteiger partial charge in [-0.1, -0.05) is 6.07 Å². The zero-order chi connectivity index (χ0) is 17.4. The highest BCUT2D eigenvalue weighted by Gasteiger charge is 2.37. The summed E-state index contributed by atoms with van der Waals surface area (Å²) in [6, 6.07) is 6.70. The quantitative estimate of drug-likeness (QED) is 0.576. The normalized spacial score (nSPS) is 12.0. The van der Waals surface area contributed by atoms with Gasteiger partial charge in [-0.05, 0) is 23.6 Å². The van der Waals surface area contributed by atoms with Gasteiger partial charge < -0.3 is 5.32 Å². The van der Waals surface area contributed by atoms with Crippen LogP contribution in [0.15, 0.2) is 29.6 Å². The number of nitrogens with zero attached hydrogens (tertiary/aromatic N) is 6. The largest absolute Gasteiger partial charge is 0.453 e. The molecule has 0 aromatic carbocycles. The summed E-state index contributed by atoms with van der Waals surface area (Å²) in [4.78, 5) is 5.24. The van der Waals surface area contributed by atoms with Crippen LogP contribution in [0.4, 0.5) is 19.0 Å². The lowest BCUT2D eigenvalue weighted by molar-refractivity contribution is -0.146. The highest BCUT2D eigenvalue weighted by atomic mass is 32.1. The molecular weight excluding hydrogens is 357 g/mol. The second-order valence-electron chi connectivity index (χ2n) is 4.95. The van der Waals surface area contributed by atoms with Gasteiger partial charge in [0.2, 0.25) is 0 Å². The van der Waals surface area contributed by atoms with Gasteiger partial charge in [0.05, 0.1) is 11.4 Å². The summed E-state index contributed by atoms with van der Waals surface area (Å²) in [6.07, 6.45) is -4.63. The predicted molar refractivity (Wildman–Crippen MR) is 82.8 cm³/mol. The minimum Gasteiger partial charge on any atom is -0.361 e. The number of halogens is 3. The molecule has 4 rings (SSSR count). The molecule has 0 saturated heterocycles. The van der Waals surface area contributed by atoms with Crippen molar-refractivity contribution in [2.24, 2.45) is 0 Å². The van der Waals surface area contributed by atoms with Crippen LogP contribution in [0.1, 0.15) is 11.6 Å². The Morgan fingerprint density at radius 2 is 2.08 bits per heavy atom. The minimum atomic E-state index is -4.63. The summed E-state index contributed by atoms with van der Waals surface area (Å²) in [7, 11) is 0. The second-order valence-corrected chi connectivity index (χ2v) is 5.89. The Bertz CT molecular complexity index is 1000. The standard InChI is InChI=1S/C13H9F3N8S/c14-13(15,16)12-22-20-10-4-3-8(23-24(10)12)17-6-9-18-11(21-19-9)7-2-1-5-25-7/h1-5H,6H2,(H,17,23)(H,18,19,21). The molecule has 0 unspecified atom stereocenters. The Balaban J connectivity index is 1.53. The summed E-state index contributed by atoms with van der Waals surface area (Å²) in [6.45, 7) is 0.223. The van der Waals surface area contributed by atoms with Crippen LogP contribution in [-0.2, 0) is 12.7 Å². The van der Waals surface area contributed by atoms with Crippen molar-refractivity contribution in [2.75, 3.05) is 5.32 Å². The minimum absolute atomic E-state index is 0.0116. The first-order chi connectivity index (χ1) is 12.0. The van der Waals surface area contributed by atoms with E-state index in [1.807, 2.05) is 17.5 Å². The number of thiophene rings is 1. The van der Waals surface area contributed by atoms with Gasteiger partial charge in [0.25, 0.3) is 5.82 Å². The SMILES string of the molecule is FC(F)(F)c1nnc2ccc(NCc3nc(-c4cccs4)n[nH]3)nn12. The fourth-order valence-corrected chi connectivity index (χ4v) is 2.78. The van der Waals surface area contributed by atoms with E-state index >= 15 is 0 Å². The van der Waals surface area contributed by atoms with Crippen LogP contribution >= 0.6 is 11.3 Å². The first kappa shape index (κ1) is 15.5. The molecule has 0 amide bonds. The lowest BCUT2D eigenvalue weighted by atomic mass is 10.4. The summed E-state index contributed by atoms with van der Waals surface area (Å²) < 4.78 is 39.2. The van der Waals surface area contributed by atoms with Crippen molar-refractivity contribution in [3.63, 3.8) is 0 Å². The number of aromatic amines is 1. The maximum atomic E-state index is 12.9. The average Bonchev–Trinajstić information content (AvgIpc) is 3.30. The van der Waals surface area contributed by atoms with Crippen molar-refractivity contribution < 1.29 is 13.2 Å². The Labute approximate surface area is 141 Å². The molecule has 128 valence electrons. The number of anilines is 1. The maximum absolute atomic E-state index is 12.9. The molecule has 0 aliphatic rings. The highest BCUT2D eigenvalue weighted by molar-refractivity contribution is 7.13. The smallest absolute Gasteiger partial charge is 0.361 e. The van der Waals surface area contributed by atoms with Crippen molar-refractivity contribution in [3.05, 3.63) is 41.3 Å². The van der Waals surface area contributed by atoms with E-state index in [9.17, 15) is 13.2 Å². The lowest BCUT2D eigenvalue weighted by Gasteiger charge is -2.06. The van der Waals surface area contributed by atoms with Crippen molar-refractivity contribution in [2.45, 2.75) is 12.7 Å². The van der Waals surface area contributed by atoms with Gasteiger partial charge in [-0.25, -0.2) is 4.98 Å². The monoisotopic (exact) mass is 366 g/mol. The molecule has 25 heavy (non-hydrogen) atoms. The average molecular weight is 366 g/mol. The van der Waals surface area contributed by atoms with Crippen LogP contribution in [0.25, 0.3) is 16.3 Å². The summed E-state index contributed by atoms with van der Waals surface area (Å²) in [5, 5.41) is 22.1. The third kappa shape index (κ3) is 3.03. The number of alkyl halides is 3. The second kappa shape index (κ2) is 5.81. The summed E-state index contributed by atoms with van der Waals surface area (Å²) in [5.41, 5.74) is 0.0116. The molecule has 12 heteroatoms. The van der Waals surface area contributed by atoms with E-state index in [1.165, 1.54) is 23.5 Å². The predicted octanol–water partition coefficient (Wildman–Crippen LogP) is 2.60. The fourth-order valence-electron chi connectivity index (χ4n) is 2.12. The van der Waals surface area contributed by atoms with E-state index in [-0.39, 0.29) is 18.0 Å². The van der Waals surface area contributed by atoms with Gasteiger partial charge >= 0.3 is 6.18 Å². The third-order valence-corrected chi connectivity index (χ3v) is 4.09. The summed E-state index contributed by atoms with van der Waals surface area (Å²) in [5.74, 6) is 0.149. The van der Waals surface area contributed by atoms with Crippen molar-refractivity contribution in [1.29, 1.82) is 0 Å². The zero-order valence-electron chi connectivity index (χ0n) is 12.3. The van der Waals surface area contributed by atoms with Crippen LogP contribution < -0.4 is 5.32 Å². The van der Waals surface area contributed by atoms with E-state index < -0.39 is 12.0 Å². The molecule has 2 N–H and O–H groups in total. The molecule has 0 atom stereocenters. The van der Waals surface area contributed by atoms with E-state index in [4.69, 9.17) is 0 Å². The third-order valence-electron chi connectivity index (χ3n) is 3.23. The van der Waals surface area contributed by atoms with Crippen LogP contribution in [0, 0.1) is 0 Å². The Morgan fingerprint density at radius 1 is 1.20 bits per heavy atom. The first-order valence-electron chi connectivity index (χ1n) is 6.99. The molecular formula is C13H9F3N8S. The van der Waals surface area contributed by atoms with Crippen molar-refractivity contribution in [1.82, 2.24) is 35.0 Å². The maximum Gasteiger partial charge on any atom is 0.453 e. The topological polar surface area (TPSA) is 96.7 Å². The molecule has 0 bridgehead atoms. The van der Waals surface area contributed by atoms with E-state index in [0.29, 0.717) is 16.2 Å². The molecule has 4 aromatic heterocycles. The fraction of sp³-hybridized carbons (Fsp3) is 0.154. The summed E-state index contributed by atoms with van der Waals surface area (Å²) >= 11 is 1.51. The van der Waals surface area contributed by atoms with Crippen molar-refractivity contribution in [3.8, 4) is 10.7 Å². The van der Waals surface area contributed by atoms with Crippen LogP contribution in [0.3, 0.4) is 0 Å². The molecule has 4 aromatic rings. The lowest BCUT2D eigenvalue weighted by Crippen LogP contribution is -2.13. The van der Waals surface area contributed by atoms with Gasteiger partial charge in [0.15, 0.2) is 11.5 Å². The van der Waals surface area contributed by atoms with Gasteiger partial charge in [-0.2, -0.15) is 22.8 Å². The molecule has 0 saturated carbocycles. The van der Waals surface area contributed by atoms with Crippen LogP contribution in [-0.4, -0.2) is 35.0 Å². The number of nitrogens with one attached hydrogen (secondary N) is 2. The number of hydrogen-bond donors (Lipinski definition) is 2. The van der Waals surface area contributed by atoms with Crippen LogP contribution in [0.2, 0.25) is 0 Å². The van der Waals surface area contributed by atoms with Gasteiger partial charge in [-0.15, -0.1) is 26.6 Å². The Kier molecular flexibility index (Phi) is 3.60. The van der Waals surface area contributed by atoms with E-state index in [0.717, 1.165) is 4.88 Å². The van der Waals surface area contributed by atoms with Gasteiger partial charge in [0.1, 0.15) is 11.6 Å². The Hall–Kier alpha value is -3.02. The number of H-pyrrole nitrogens is 1. The molecule has 0 radical (unpaired) electrons.